The van der Waals surface area contributed by atoms with Gasteiger partial charge in [0.1, 0.15) is 22.7 Å². The second kappa shape index (κ2) is 6.75. The molecule has 0 aliphatic carbocycles. The summed E-state index contributed by atoms with van der Waals surface area (Å²) >= 11 is 13.1. The van der Waals surface area contributed by atoms with Crippen LogP contribution in [0.3, 0.4) is 0 Å². The number of hydrogen-bond donors (Lipinski definition) is 2. The number of nitrogens with one attached hydrogen (secondary N) is 1. The minimum Gasteiger partial charge on any atom is -0.346 e. The van der Waals surface area contributed by atoms with Gasteiger partial charge < -0.3 is 10.6 Å². The number of nitrogens with two attached hydrogens (primary N) is 1. The molecule has 6 rings (SSSR count). The SMILES string of the molecule is Cn1nc2ccc(-c3[nH]nc4nc(N5[C@H]6CC[C@@H]5[C@@H](F)[C@@H](N)C6)cnc34)c(Cl)c2c1Cl. The van der Waals surface area contributed by atoms with Crippen molar-refractivity contribution in [1.82, 2.24) is 29.9 Å². The molecule has 2 saturated heterocycles. The van der Waals surface area contributed by atoms with Gasteiger partial charge in [0.15, 0.2) is 0 Å². The lowest BCUT2D eigenvalue weighted by molar-refractivity contribution is 0.203. The largest absolute Gasteiger partial charge is 0.346 e. The molecule has 2 bridgehead atoms. The molecule has 8 nitrogen and oxygen atoms in total. The van der Waals surface area contributed by atoms with E-state index in [-0.39, 0.29) is 12.1 Å². The number of piperidine rings is 1. The molecule has 2 fully saturated rings. The quantitative estimate of drug-likeness (QED) is 0.473. The van der Waals surface area contributed by atoms with Crippen LogP contribution in [0.15, 0.2) is 18.3 Å². The van der Waals surface area contributed by atoms with E-state index < -0.39 is 12.2 Å². The predicted molar refractivity (Wildman–Crippen MR) is 118 cm³/mol. The van der Waals surface area contributed by atoms with E-state index in [0.29, 0.717) is 55.7 Å². The molecule has 0 saturated carbocycles. The third kappa shape index (κ3) is 2.69. The minimum absolute atomic E-state index is 0.182. The van der Waals surface area contributed by atoms with Gasteiger partial charge in [0.2, 0.25) is 5.65 Å². The fraction of sp³-hybridized carbons (Fsp3) is 0.400. The van der Waals surface area contributed by atoms with E-state index in [1.165, 1.54) is 0 Å². The van der Waals surface area contributed by atoms with Crippen molar-refractivity contribution in [1.29, 1.82) is 0 Å². The Morgan fingerprint density at radius 1 is 1.26 bits per heavy atom. The average molecular weight is 461 g/mol. The van der Waals surface area contributed by atoms with E-state index in [9.17, 15) is 4.39 Å². The van der Waals surface area contributed by atoms with Crippen LogP contribution in [0.5, 0.6) is 0 Å². The molecule has 1 aromatic carbocycles. The monoisotopic (exact) mass is 460 g/mol. The molecule has 2 aliphatic heterocycles. The fourth-order valence-corrected chi connectivity index (χ4v) is 5.67. The number of hydrogen-bond acceptors (Lipinski definition) is 6. The maximum absolute atomic E-state index is 14.7. The number of aryl methyl sites for hydroxylation is 1. The van der Waals surface area contributed by atoms with Gasteiger partial charge in [-0.3, -0.25) is 9.78 Å². The van der Waals surface area contributed by atoms with Gasteiger partial charge in [-0.25, -0.2) is 14.4 Å². The third-order valence-corrected chi connectivity index (χ3v) is 7.35. The zero-order chi connectivity index (χ0) is 21.4. The number of halogens is 3. The van der Waals surface area contributed by atoms with Gasteiger partial charge >= 0.3 is 0 Å². The topological polar surface area (TPSA) is 102 Å². The van der Waals surface area contributed by atoms with Crippen molar-refractivity contribution in [3.8, 4) is 11.3 Å². The first-order chi connectivity index (χ1) is 14.9. The van der Waals surface area contributed by atoms with Crippen LogP contribution in [-0.4, -0.2) is 54.2 Å². The highest BCUT2D eigenvalue weighted by Crippen LogP contribution is 2.41. The lowest BCUT2D eigenvalue weighted by Crippen LogP contribution is -2.55. The first-order valence-corrected chi connectivity index (χ1v) is 10.9. The van der Waals surface area contributed by atoms with Crippen LogP contribution < -0.4 is 10.6 Å². The summed E-state index contributed by atoms with van der Waals surface area (Å²) in [7, 11) is 1.76. The first-order valence-electron chi connectivity index (χ1n) is 10.1. The van der Waals surface area contributed by atoms with Crippen LogP contribution >= 0.6 is 23.2 Å². The molecule has 2 aliphatic rings. The normalized spacial score (nSPS) is 25.8. The second-order valence-electron chi connectivity index (χ2n) is 8.28. The molecule has 3 N–H and O–H groups in total. The molecule has 4 aromatic rings. The van der Waals surface area contributed by atoms with Crippen LogP contribution in [0.4, 0.5) is 10.2 Å². The third-order valence-electron chi connectivity index (χ3n) is 6.52. The summed E-state index contributed by atoms with van der Waals surface area (Å²) in [4.78, 5) is 11.3. The van der Waals surface area contributed by atoms with Crippen LogP contribution in [0.2, 0.25) is 10.2 Å². The van der Waals surface area contributed by atoms with Crippen LogP contribution in [0, 0.1) is 0 Å². The van der Waals surface area contributed by atoms with Gasteiger partial charge in [0.05, 0.1) is 33.9 Å². The van der Waals surface area contributed by atoms with Crippen molar-refractivity contribution in [3.63, 3.8) is 0 Å². The summed E-state index contributed by atoms with van der Waals surface area (Å²) in [5.74, 6) is 0.629. The van der Waals surface area contributed by atoms with E-state index in [4.69, 9.17) is 28.9 Å². The van der Waals surface area contributed by atoms with E-state index >= 15 is 0 Å². The highest BCUT2D eigenvalue weighted by Gasteiger charge is 2.47. The number of nitrogens with zero attached hydrogens (tertiary/aromatic N) is 6. The van der Waals surface area contributed by atoms with E-state index in [1.807, 2.05) is 17.0 Å². The van der Waals surface area contributed by atoms with Gasteiger partial charge in [-0.15, -0.1) is 0 Å². The maximum atomic E-state index is 14.7. The van der Waals surface area contributed by atoms with E-state index in [2.05, 4.69) is 25.3 Å². The molecular weight excluding hydrogens is 442 g/mol. The Labute approximate surface area is 186 Å². The standard InChI is InChI=1S/C20H19Cl2FN8/c1-30-19(22)14-11(29-30)4-3-9(15(14)21)17-18-20(28-27-17)26-13(7-25-18)31-8-2-5-12(31)16(23)10(24)6-8/h3-4,7-8,10,12,16H,2,5-6,24H2,1H3,(H,26,27,28)/t8-,10-,12+,16-/m0/s1. The number of rotatable bonds is 2. The summed E-state index contributed by atoms with van der Waals surface area (Å²) in [5, 5.41) is 13.3. The second-order valence-corrected chi connectivity index (χ2v) is 9.02. The van der Waals surface area contributed by atoms with Crippen molar-refractivity contribution >= 4 is 51.1 Å². The van der Waals surface area contributed by atoms with Crippen molar-refractivity contribution in [3.05, 3.63) is 28.5 Å². The van der Waals surface area contributed by atoms with Crippen LogP contribution in [0.25, 0.3) is 33.3 Å². The number of aromatic amines is 1. The molecule has 4 atom stereocenters. The Hall–Kier alpha value is -2.49. The minimum atomic E-state index is -1.07. The van der Waals surface area contributed by atoms with Crippen LogP contribution in [0.1, 0.15) is 19.3 Å². The van der Waals surface area contributed by atoms with Crippen molar-refractivity contribution in [2.45, 2.75) is 43.6 Å². The van der Waals surface area contributed by atoms with E-state index in [0.717, 1.165) is 12.8 Å². The molecule has 0 radical (unpaired) electrons. The summed E-state index contributed by atoms with van der Waals surface area (Å²) in [6.07, 6.45) is 2.91. The molecule has 11 heteroatoms. The Kier molecular flexibility index (Phi) is 4.19. The highest BCUT2D eigenvalue weighted by molar-refractivity contribution is 6.43. The van der Waals surface area contributed by atoms with Gasteiger partial charge in [-0.2, -0.15) is 10.2 Å². The van der Waals surface area contributed by atoms with Gasteiger partial charge in [-0.1, -0.05) is 23.2 Å². The molecule has 0 spiro atoms. The Balaban J connectivity index is 1.43. The molecule has 0 unspecified atom stereocenters. The van der Waals surface area contributed by atoms with Gasteiger partial charge in [-0.05, 0) is 31.4 Å². The van der Waals surface area contributed by atoms with Crippen LogP contribution in [-0.2, 0) is 7.05 Å². The summed E-state index contributed by atoms with van der Waals surface area (Å²) in [6, 6.07) is 3.22. The number of benzene rings is 1. The molecule has 160 valence electrons. The number of anilines is 1. The Morgan fingerprint density at radius 2 is 2.10 bits per heavy atom. The highest BCUT2D eigenvalue weighted by atomic mass is 35.5. The lowest BCUT2D eigenvalue weighted by atomic mass is 9.96. The van der Waals surface area contributed by atoms with Gasteiger partial charge in [0.25, 0.3) is 0 Å². The van der Waals surface area contributed by atoms with Crippen molar-refractivity contribution in [2.24, 2.45) is 12.8 Å². The maximum Gasteiger partial charge on any atom is 0.202 e. The van der Waals surface area contributed by atoms with Crippen molar-refractivity contribution < 1.29 is 4.39 Å². The Bertz CT molecular complexity index is 1330. The predicted octanol–water partition coefficient (Wildman–Crippen LogP) is 3.62. The molecule has 31 heavy (non-hydrogen) atoms. The Morgan fingerprint density at radius 3 is 2.94 bits per heavy atom. The number of aromatic nitrogens is 6. The molecule has 3 aromatic heterocycles. The number of H-pyrrole nitrogens is 1. The molecule has 5 heterocycles. The van der Waals surface area contributed by atoms with E-state index in [1.54, 1.807) is 17.9 Å². The summed E-state index contributed by atoms with van der Waals surface area (Å²) in [5.41, 5.74) is 9.08. The number of alkyl halides is 1. The zero-order valence-electron chi connectivity index (χ0n) is 16.6. The fourth-order valence-electron chi connectivity index (χ4n) is 5.05. The number of fused-ring (bicyclic) bond motifs is 4. The summed E-state index contributed by atoms with van der Waals surface area (Å²) in [6.45, 7) is 0. The average Bonchev–Trinajstić information content (AvgIpc) is 3.41. The summed E-state index contributed by atoms with van der Waals surface area (Å²) < 4.78 is 16.3. The lowest BCUT2D eigenvalue weighted by Gasteiger charge is -2.40. The van der Waals surface area contributed by atoms with Gasteiger partial charge in [0, 0.05) is 24.7 Å². The molecule has 0 amide bonds. The molecular formula is C20H19Cl2FN8. The zero-order valence-corrected chi connectivity index (χ0v) is 18.1. The first kappa shape index (κ1) is 19.2. The van der Waals surface area contributed by atoms with Crippen molar-refractivity contribution in [2.75, 3.05) is 4.90 Å². The smallest absolute Gasteiger partial charge is 0.202 e.